The smallest absolute Gasteiger partial charge is 0.304 e. The van der Waals surface area contributed by atoms with Gasteiger partial charge in [-0.1, -0.05) is 11.6 Å². The van der Waals surface area contributed by atoms with Crippen LogP contribution in [0.25, 0.3) is 16.9 Å². The predicted octanol–water partition coefficient (Wildman–Crippen LogP) is 2.51. The molecule has 0 bridgehead atoms. The van der Waals surface area contributed by atoms with Crippen LogP contribution in [-0.2, 0) is 0 Å². The number of pyridine rings is 1. The average molecular weight is 264 g/mol. The van der Waals surface area contributed by atoms with Crippen molar-refractivity contribution in [2.24, 2.45) is 0 Å². The molecule has 2 aromatic heterocycles. The Balaban J connectivity index is 2.41. The van der Waals surface area contributed by atoms with E-state index < -0.39 is 11.5 Å². The van der Waals surface area contributed by atoms with Crippen LogP contribution in [0.3, 0.4) is 0 Å². The monoisotopic (exact) mass is 263 g/mol. The molecule has 0 atom stereocenters. The Bertz CT molecular complexity index is 793. The van der Waals surface area contributed by atoms with Gasteiger partial charge in [0, 0.05) is 6.20 Å². The molecule has 0 spiro atoms. The summed E-state index contributed by atoms with van der Waals surface area (Å²) in [6, 6.07) is 7.26. The van der Waals surface area contributed by atoms with E-state index in [1.807, 2.05) is 0 Å². The first-order valence-electron chi connectivity index (χ1n) is 5.18. The summed E-state index contributed by atoms with van der Waals surface area (Å²) in [5.74, 6) is -0.466. The molecule has 2 heterocycles. The van der Waals surface area contributed by atoms with Gasteiger partial charge in [0.05, 0.1) is 16.2 Å². The number of benzene rings is 1. The fourth-order valence-electron chi connectivity index (χ4n) is 1.82. The molecule has 3 rings (SSSR count). The molecule has 0 unspecified atom stereocenters. The molecule has 1 N–H and O–H groups in total. The highest BCUT2D eigenvalue weighted by Crippen LogP contribution is 2.22. The largest absolute Gasteiger partial charge is 0.332 e. The Morgan fingerprint density at radius 2 is 2.17 bits per heavy atom. The van der Waals surface area contributed by atoms with Crippen LogP contribution in [0, 0.1) is 5.82 Å². The topological polar surface area (TPSA) is 50.7 Å². The first-order valence-corrected chi connectivity index (χ1v) is 5.56. The van der Waals surface area contributed by atoms with E-state index in [9.17, 15) is 9.18 Å². The Kier molecular flexibility index (Phi) is 2.41. The lowest BCUT2D eigenvalue weighted by atomic mass is 10.3. The van der Waals surface area contributed by atoms with Crippen molar-refractivity contribution in [2.45, 2.75) is 0 Å². The van der Waals surface area contributed by atoms with Crippen LogP contribution in [0.15, 0.2) is 41.3 Å². The molecule has 6 heteroatoms. The van der Waals surface area contributed by atoms with E-state index in [0.717, 1.165) is 0 Å². The number of imidazole rings is 1. The molecule has 0 fully saturated rings. The third-order valence-corrected chi connectivity index (χ3v) is 2.91. The normalized spacial score (nSPS) is 11.0. The first-order chi connectivity index (χ1) is 8.66. The van der Waals surface area contributed by atoms with Crippen LogP contribution >= 0.6 is 11.6 Å². The minimum Gasteiger partial charge on any atom is -0.304 e. The zero-order valence-electron chi connectivity index (χ0n) is 9.02. The number of H-pyrrole nitrogens is 1. The molecule has 0 aliphatic rings. The Morgan fingerprint density at radius 1 is 1.33 bits per heavy atom. The summed E-state index contributed by atoms with van der Waals surface area (Å²) in [5, 5.41) is 0.282. The van der Waals surface area contributed by atoms with Crippen molar-refractivity contribution < 1.29 is 4.39 Å². The SMILES string of the molecule is O=c1[nH]c2cccnc2n1-c1cc(F)ccc1Cl. The molecule has 0 aliphatic carbocycles. The Morgan fingerprint density at radius 3 is 3.00 bits per heavy atom. The third kappa shape index (κ3) is 1.60. The molecule has 1 aromatic carbocycles. The van der Waals surface area contributed by atoms with Gasteiger partial charge in [-0.15, -0.1) is 0 Å². The number of aromatic nitrogens is 3. The van der Waals surface area contributed by atoms with E-state index >= 15 is 0 Å². The first kappa shape index (κ1) is 11.0. The number of halogens is 2. The van der Waals surface area contributed by atoms with Gasteiger partial charge in [-0.3, -0.25) is 0 Å². The van der Waals surface area contributed by atoms with E-state index in [-0.39, 0.29) is 10.7 Å². The fourth-order valence-corrected chi connectivity index (χ4v) is 2.02. The maximum absolute atomic E-state index is 13.3. The van der Waals surface area contributed by atoms with E-state index in [2.05, 4.69) is 9.97 Å². The minimum atomic E-state index is -0.466. The van der Waals surface area contributed by atoms with Gasteiger partial charge in [-0.05, 0) is 30.3 Å². The predicted molar refractivity (Wildman–Crippen MR) is 66.7 cm³/mol. The van der Waals surface area contributed by atoms with Crippen LogP contribution in [-0.4, -0.2) is 14.5 Å². The second kappa shape index (κ2) is 3.96. The van der Waals surface area contributed by atoms with E-state index in [1.54, 1.807) is 18.3 Å². The minimum absolute atomic E-state index is 0.270. The molecule has 3 aromatic rings. The van der Waals surface area contributed by atoms with E-state index in [0.29, 0.717) is 11.2 Å². The molecular formula is C12H7ClFN3O. The quantitative estimate of drug-likeness (QED) is 0.733. The van der Waals surface area contributed by atoms with Gasteiger partial charge in [0.15, 0.2) is 5.65 Å². The fraction of sp³-hybridized carbons (Fsp3) is 0. The van der Waals surface area contributed by atoms with Crippen LogP contribution in [0.4, 0.5) is 4.39 Å². The lowest BCUT2D eigenvalue weighted by Crippen LogP contribution is -2.15. The van der Waals surface area contributed by atoms with Crippen molar-refractivity contribution in [3.8, 4) is 5.69 Å². The third-order valence-electron chi connectivity index (χ3n) is 2.59. The number of aromatic amines is 1. The van der Waals surface area contributed by atoms with Gasteiger partial charge < -0.3 is 4.98 Å². The summed E-state index contributed by atoms with van der Waals surface area (Å²) < 4.78 is 14.5. The van der Waals surface area contributed by atoms with Crippen molar-refractivity contribution in [3.63, 3.8) is 0 Å². The number of fused-ring (bicyclic) bond motifs is 1. The Labute approximate surface area is 106 Å². The zero-order valence-corrected chi connectivity index (χ0v) is 9.78. The van der Waals surface area contributed by atoms with Gasteiger partial charge in [0.2, 0.25) is 0 Å². The van der Waals surface area contributed by atoms with Crippen molar-refractivity contribution in [3.05, 3.63) is 57.9 Å². The molecule has 18 heavy (non-hydrogen) atoms. The summed E-state index contributed by atoms with van der Waals surface area (Å²) in [5.41, 5.74) is 0.848. The number of nitrogens with one attached hydrogen (secondary N) is 1. The van der Waals surface area contributed by atoms with Gasteiger partial charge >= 0.3 is 5.69 Å². The van der Waals surface area contributed by atoms with Crippen molar-refractivity contribution in [1.29, 1.82) is 0 Å². The number of hydrogen-bond donors (Lipinski definition) is 1. The van der Waals surface area contributed by atoms with Gasteiger partial charge in [-0.2, -0.15) is 0 Å². The highest BCUT2D eigenvalue weighted by atomic mass is 35.5. The van der Waals surface area contributed by atoms with Crippen molar-refractivity contribution >= 4 is 22.8 Å². The summed E-state index contributed by atoms with van der Waals surface area (Å²) in [6.07, 6.45) is 1.55. The molecule has 4 nitrogen and oxygen atoms in total. The van der Waals surface area contributed by atoms with Crippen molar-refractivity contribution in [2.75, 3.05) is 0 Å². The lowest BCUT2D eigenvalue weighted by Gasteiger charge is -2.05. The van der Waals surface area contributed by atoms with Crippen molar-refractivity contribution in [1.82, 2.24) is 14.5 Å². The molecule has 0 aliphatic heterocycles. The highest BCUT2D eigenvalue weighted by molar-refractivity contribution is 6.32. The van der Waals surface area contributed by atoms with Crippen LogP contribution < -0.4 is 5.69 Å². The highest BCUT2D eigenvalue weighted by Gasteiger charge is 2.12. The maximum Gasteiger partial charge on any atom is 0.332 e. The molecule has 90 valence electrons. The molecule has 0 saturated heterocycles. The number of nitrogens with zero attached hydrogens (tertiary/aromatic N) is 2. The van der Waals surface area contributed by atoms with E-state index in [4.69, 9.17) is 11.6 Å². The lowest BCUT2D eigenvalue weighted by molar-refractivity contribution is 0.626. The van der Waals surface area contributed by atoms with Gasteiger partial charge in [0.1, 0.15) is 5.82 Å². The molecular weight excluding hydrogens is 257 g/mol. The average Bonchev–Trinajstić information content (AvgIpc) is 2.68. The molecule has 0 radical (unpaired) electrons. The van der Waals surface area contributed by atoms with Gasteiger partial charge in [-0.25, -0.2) is 18.7 Å². The summed E-state index contributed by atoms with van der Waals surface area (Å²) in [7, 11) is 0. The zero-order chi connectivity index (χ0) is 12.7. The summed E-state index contributed by atoms with van der Waals surface area (Å²) in [4.78, 5) is 18.6. The molecule has 0 saturated carbocycles. The van der Waals surface area contributed by atoms with E-state index in [1.165, 1.54) is 22.8 Å². The number of hydrogen-bond acceptors (Lipinski definition) is 2. The Hall–Kier alpha value is -2.14. The number of rotatable bonds is 1. The second-order valence-electron chi connectivity index (χ2n) is 3.74. The maximum atomic E-state index is 13.3. The summed E-state index contributed by atoms with van der Waals surface area (Å²) in [6.45, 7) is 0. The van der Waals surface area contributed by atoms with Gasteiger partial charge in [0.25, 0.3) is 0 Å². The standard InChI is InChI=1S/C12H7ClFN3O/c13-8-4-3-7(14)6-10(8)17-11-9(16-12(17)18)2-1-5-15-11/h1-6H,(H,16,18). The summed E-state index contributed by atoms with van der Waals surface area (Å²) >= 11 is 5.99. The van der Waals surface area contributed by atoms with Crippen LogP contribution in [0.2, 0.25) is 5.02 Å². The molecule has 0 amide bonds. The van der Waals surface area contributed by atoms with Crippen LogP contribution in [0.1, 0.15) is 0 Å². The van der Waals surface area contributed by atoms with Crippen LogP contribution in [0.5, 0.6) is 0 Å². The second-order valence-corrected chi connectivity index (χ2v) is 4.14.